The van der Waals surface area contributed by atoms with E-state index >= 15 is 0 Å². The summed E-state index contributed by atoms with van der Waals surface area (Å²) < 4.78 is 43.0. The first-order valence-corrected chi connectivity index (χ1v) is 6.03. The van der Waals surface area contributed by atoms with E-state index in [1.165, 1.54) is 12.1 Å². The van der Waals surface area contributed by atoms with E-state index in [1.807, 2.05) is 6.07 Å². The van der Waals surface area contributed by atoms with Gasteiger partial charge in [-0.25, -0.2) is 5.43 Å². The maximum Gasteiger partial charge on any atom is 0.416 e. The molecule has 3 nitrogen and oxygen atoms in total. The lowest BCUT2D eigenvalue weighted by Gasteiger charge is -2.16. The quantitative estimate of drug-likeness (QED) is 0.670. The number of hydrazine groups is 1. The monoisotopic (exact) mass is 284 g/mol. The molecule has 0 amide bonds. The van der Waals surface area contributed by atoms with Crippen LogP contribution < -0.4 is 11.3 Å². The van der Waals surface area contributed by atoms with Crippen molar-refractivity contribution in [1.29, 1.82) is 0 Å². The van der Waals surface area contributed by atoms with Gasteiger partial charge in [0, 0.05) is 5.56 Å². The van der Waals surface area contributed by atoms with Crippen LogP contribution in [0.1, 0.15) is 34.3 Å². The molecular weight excluding hydrogens is 269 g/mol. The van der Waals surface area contributed by atoms with E-state index < -0.39 is 17.8 Å². The maximum atomic E-state index is 12.5. The Morgan fingerprint density at radius 1 is 1.15 bits per heavy atom. The van der Waals surface area contributed by atoms with E-state index in [0.29, 0.717) is 11.3 Å². The van der Waals surface area contributed by atoms with Gasteiger partial charge in [0.2, 0.25) is 0 Å². The molecule has 2 aromatic rings. The minimum atomic E-state index is -4.34. The molecule has 0 aliphatic heterocycles. The zero-order valence-electron chi connectivity index (χ0n) is 11.1. The summed E-state index contributed by atoms with van der Waals surface area (Å²) in [6.07, 6.45) is -4.34. The number of nitrogens with one attached hydrogen (secondary N) is 1. The lowest BCUT2D eigenvalue weighted by atomic mass is 9.98. The largest absolute Gasteiger partial charge is 0.466 e. The fourth-order valence-electron chi connectivity index (χ4n) is 2.17. The normalized spacial score (nSPS) is 13.5. The molecular formula is C14H15F3N2O. The van der Waals surface area contributed by atoms with E-state index in [-0.39, 0.29) is 0 Å². The summed E-state index contributed by atoms with van der Waals surface area (Å²) in [6, 6.07) is 6.32. The average Bonchev–Trinajstić information content (AvgIpc) is 2.69. The first-order valence-electron chi connectivity index (χ1n) is 6.03. The fraction of sp³-hybridized carbons (Fsp3) is 0.286. The smallest absolute Gasteiger partial charge is 0.416 e. The van der Waals surface area contributed by atoms with Crippen molar-refractivity contribution in [3.8, 4) is 0 Å². The second-order valence-corrected chi connectivity index (χ2v) is 4.59. The third-order valence-electron chi connectivity index (χ3n) is 3.13. The Hall–Kier alpha value is -1.79. The molecule has 1 atom stereocenters. The van der Waals surface area contributed by atoms with Crippen LogP contribution in [0.3, 0.4) is 0 Å². The van der Waals surface area contributed by atoms with Gasteiger partial charge in [0.1, 0.15) is 11.5 Å². The van der Waals surface area contributed by atoms with E-state index in [0.717, 1.165) is 23.5 Å². The zero-order valence-corrected chi connectivity index (χ0v) is 11.1. The standard InChI is InChI=1S/C14H15F3N2O/c1-8-7-12(9(2)20-8)13(19-18)10-3-5-11(6-4-10)14(15,16)17/h3-7,13,19H,18H2,1-2H3. The minimum Gasteiger partial charge on any atom is -0.466 e. The van der Waals surface area contributed by atoms with Gasteiger partial charge in [-0.2, -0.15) is 13.2 Å². The second kappa shape index (κ2) is 5.30. The molecule has 0 aliphatic rings. The number of benzene rings is 1. The highest BCUT2D eigenvalue weighted by molar-refractivity contribution is 5.36. The first kappa shape index (κ1) is 14.6. The molecule has 1 aromatic carbocycles. The summed E-state index contributed by atoms with van der Waals surface area (Å²) in [7, 11) is 0. The molecule has 0 fully saturated rings. The van der Waals surface area contributed by atoms with Crippen molar-refractivity contribution < 1.29 is 17.6 Å². The van der Waals surface area contributed by atoms with Crippen LogP contribution in [-0.2, 0) is 6.18 Å². The van der Waals surface area contributed by atoms with E-state index in [2.05, 4.69) is 5.43 Å². The molecule has 0 saturated carbocycles. The molecule has 2 rings (SSSR count). The van der Waals surface area contributed by atoms with E-state index in [9.17, 15) is 13.2 Å². The molecule has 0 spiro atoms. The Bertz CT molecular complexity index is 587. The number of hydrogen-bond donors (Lipinski definition) is 2. The zero-order chi connectivity index (χ0) is 14.9. The highest BCUT2D eigenvalue weighted by atomic mass is 19.4. The van der Waals surface area contributed by atoms with Crippen LogP contribution in [0.4, 0.5) is 13.2 Å². The molecule has 0 radical (unpaired) electrons. The Morgan fingerprint density at radius 2 is 1.75 bits per heavy atom. The number of nitrogens with two attached hydrogens (primary N) is 1. The summed E-state index contributed by atoms with van der Waals surface area (Å²) >= 11 is 0. The van der Waals surface area contributed by atoms with Crippen LogP contribution in [0.2, 0.25) is 0 Å². The van der Waals surface area contributed by atoms with Crippen LogP contribution in [0.15, 0.2) is 34.7 Å². The summed E-state index contributed by atoms with van der Waals surface area (Å²) in [5.41, 5.74) is 3.38. The summed E-state index contributed by atoms with van der Waals surface area (Å²) in [5.74, 6) is 6.94. The van der Waals surface area contributed by atoms with Crippen molar-refractivity contribution >= 4 is 0 Å². The summed E-state index contributed by atoms with van der Waals surface area (Å²) in [5, 5.41) is 0. The van der Waals surface area contributed by atoms with Crippen LogP contribution in [0, 0.1) is 13.8 Å². The topological polar surface area (TPSA) is 51.2 Å². The van der Waals surface area contributed by atoms with Gasteiger partial charge < -0.3 is 4.42 Å². The van der Waals surface area contributed by atoms with Crippen LogP contribution in [-0.4, -0.2) is 0 Å². The molecule has 0 bridgehead atoms. The third-order valence-corrected chi connectivity index (χ3v) is 3.13. The number of hydrogen-bond acceptors (Lipinski definition) is 3. The van der Waals surface area contributed by atoms with Crippen molar-refractivity contribution in [3.63, 3.8) is 0 Å². The lowest BCUT2D eigenvalue weighted by molar-refractivity contribution is -0.137. The van der Waals surface area contributed by atoms with Gasteiger partial charge in [-0.15, -0.1) is 0 Å². The van der Waals surface area contributed by atoms with E-state index in [4.69, 9.17) is 10.3 Å². The van der Waals surface area contributed by atoms with Crippen LogP contribution in [0.5, 0.6) is 0 Å². The van der Waals surface area contributed by atoms with Crippen molar-refractivity contribution in [2.75, 3.05) is 0 Å². The van der Waals surface area contributed by atoms with Gasteiger partial charge in [0.25, 0.3) is 0 Å². The van der Waals surface area contributed by atoms with Crippen molar-refractivity contribution in [1.82, 2.24) is 5.43 Å². The van der Waals surface area contributed by atoms with Gasteiger partial charge in [-0.1, -0.05) is 12.1 Å². The number of aryl methyl sites for hydroxylation is 2. The second-order valence-electron chi connectivity index (χ2n) is 4.59. The molecule has 20 heavy (non-hydrogen) atoms. The number of halogens is 3. The molecule has 6 heteroatoms. The predicted octanol–water partition coefficient (Wildman–Crippen LogP) is 3.47. The molecule has 108 valence electrons. The van der Waals surface area contributed by atoms with Crippen molar-refractivity contribution in [2.45, 2.75) is 26.1 Å². The summed E-state index contributed by atoms with van der Waals surface area (Å²) in [4.78, 5) is 0. The van der Waals surface area contributed by atoms with Crippen molar-refractivity contribution in [2.24, 2.45) is 5.84 Å². The third kappa shape index (κ3) is 2.86. The highest BCUT2D eigenvalue weighted by Gasteiger charge is 2.30. The molecule has 1 aromatic heterocycles. The molecule has 1 unspecified atom stereocenters. The van der Waals surface area contributed by atoms with Crippen molar-refractivity contribution in [3.05, 3.63) is 58.5 Å². The Morgan fingerprint density at radius 3 is 2.15 bits per heavy atom. The Balaban J connectivity index is 2.35. The average molecular weight is 284 g/mol. The number of alkyl halides is 3. The fourth-order valence-corrected chi connectivity index (χ4v) is 2.17. The SMILES string of the molecule is Cc1cc(C(NN)c2ccc(C(F)(F)F)cc2)c(C)o1. The molecule has 0 aliphatic carbocycles. The van der Waals surface area contributed by atoms with Crippen LogP contribution >= 0.6 is 0 Å². The van der Waals surface area contributed by atoms with Gasteiger partial charge in [-0.3, -0.25) is 5.84 Å². The maximum absolute atomic E-state index is 12.5. The van der Waals surface area contributed by atoms with Gasteiger partial charge >= 0.3 is 6.18 Å². The van der Waals surface area contributed by atoms with Gasteiger partial charge in [0.05, 0.1) is 11.6 Å². The van der Waals surface area contributed by atoms with Gasteiger partial charge in [0.15, 0.2) is 0 Å². The number of furan rings is 1. The van der Waals surface area contributed by atoms with Crippen LogP contribution in [0.25, 0.3) is 0 Å². The number of rotatable bonds is 3. The Labute approximate surface area is 114 Å². The first-order chi connectivity index (χ1) is 9.32. The molecule has 0 saturated heterocycles. The molecule has 3 N–H and O–H groups in total. The minimum absolute atomic E-state index is 0.408. The predicted molar refractivity (Wildman–Crippen MR) is 68.8 cm³/mol. The molecule has 1 heterocycles. The highest BCUT2D eigenvalue weighted by Crippen LogP contribution is 2.32. The lowest BCUT2D eigenvalue weighted by Crippen LogP contribution is -2.29. The Kier molecular flexibility index (Phi) is 3.87. The van der Waals surface area contributed by atoms with Gasteiger partial charge in [-0.05, 0) is 37.6 Å². The summed E-state index contributed by atoms with van der Waals surface area (Å²) in [6.45, 7) is 3.59. The van der Waals surface area contributed by atoms with E-state index in [1.54, 1.807) is 13.8 Å².